The summed E-state index contributed by atoms with van der Waals surface area (Å²) in [6, 6.07) is 0. The van der Waals surface area contributed by atoms with Gasteiger partial charge in [0.05, 0.1) is 12.0 Å². The molecule has 3 unspecified atom stereocenters. The van der Waals surface area contributed by atoms with Crippen LogP contribution in [0.5, 0.6) is 0 Å². The summed E-state index contributed by atoms with van der Waals surface area (Å²) in [5.41, 5.74) is -0.223. The molecule has 0 bridgehead atoms. The molecule has 88 valence electrons. The Bertz CT molecular complexity index is 241. The molecule has 3 atom stereocenters. The van der Waals surface area contributed by atoms with Gasteiger partial charge >= 0.3 is 0 Å². The molecule has 1 heterocycles. The third kappa shape index (κ3) is 3.18. The van der Waals surface area contributed by atoms with E-state index in [0.717, 1.165) is 6.42 Å². The molecule has 1 aliphatic heterocycles. The van der Waals surface area contributed by atoms with Crippen LogP contribution in [0.1, 0.15) is 34.1 Å². The van der Waals surface area contributed by atoms with Crippen molar-refractivity contribution in [1.82, 2.24) is 5.32 Å². The Kier molecular flexibility index (Phi) is 4.18. The molecular formula is C11H20BrNO2. The van der Waals surface area contributed by atoms with Gasteiger partial charge in [-0.2, -0.15) is 0 Å². The summed E-state index contributed by atoms with van der Waals surface area (Å²) in [5.74, 6) is 0.117. The van der Waals surface area contributed by atoms with E-state index in [1.54, 1.807) is 0 Å². The lowest BCUT2D eigenvalue weighted by Crippen LogP contribution is -2.51. The quantitative estimate of drug-likeness (QED) is 0.803. The molecule has 0 radical (unpaired) electrons. The first-order valence-corrected chi connectivity index (χ1v) is 6.34. The van der Waals surface area contributed by atoms with E-state index in [1.165, 1.54) is 0 Å². The molecule has 1 N–H and O–H groups in total. The molecular weight excluding hydrogens is 258 g/mol. The highest BCUT2D eigenvalue weighted by Gasteiger charge is 2.34. The molecule has 1 rings (SSSR count). The van der Waals surface area contributed by atoms with Gasteiger partial charge in [-0.1, -0.05) is 22.9 Å². The van der Waals surface area contributed by atoms with Crippen LogP contribution in [-0.2, 0) is 9.53 Å². The Morgan fingerprint density at radius 1 is 1.60 bits per heavy atom. The highest BCUT2D eigenvalue weighted by molar-refractivity contribution is 9.09. The van der Waals surface area contributed by atoms with Crippen LogP contribution in [0, 0.1) is 5.92 Å². The average molecular weight is 278 g/mol. The van der Waals surface area contributed by atoms with Crippen molar-refractivity contribution in [3.05, 3.63) is 0 Å². The number of ether oxygens (including phenoxy) is 1. The SMILES string of the molecule is CC1OCCC1C(=O)NC(C)(C)C(C)Br. The zero-order chi connectivity index (χ0) is 11.6. The standard InChI is InChI=1S/C11H20BrNO2/c1-7-9(5-6-15-7)10(14)13-11(3,4)8(2)12/h7-9H,5-6H2,1-4H3,(H,13,14). The summed E-state index contributed by atoms with van der Waals surface area (Å²) in [4.78, 5) is 12.2. The van der Waals surface area contributed by atoms with Gasteiger partial charge in [0.1, 0.15) is 0 Å². The largest absolute Gasteiger partial charge is 0.378 e. The van der Waals surface area contributed by atoms with Crippen LogP contribution in [0.25, 0.3) is 0 Å². The third-order valence-electron chi connectivity index (χ3n) is 3.15. The van der Waals surface area contributed by atoms with Gasteiger partial charge in [0.25, 0.3) is 0 Å². The fourth-order valence-electron chi connectivity index (χ4n) is 1.59. The van der Waals surface area contributed by atoms with Crippen LogP contribution >= 0.6 is 15.9 Å². The van der Waals surface area contributed by atoms with Crippen LogP contribution < -0.4 is 5.32 Å². The van der Waals surface area contributed by atoms with E-state index in [4.69, 9.17) is 4.74 Å². The van der Waals surface area contributed by atoms with Crippen molar-refractivity contribution in [2.75, 3.05) is 6.61 Å². The summed E-state index contributed by atoms with van der Waals surface area (Å²) in [6.45, 7) is 8.73. The lowest BCUT2D eigenvalue weighted by molar-refractivity contribution is -0.127. The minimum Gasteiger partial charge on any atom is -0.378 e. The first kappa shape index (κ1) is 13.0. The molecule has 0 spiro atoms. The molecule has 0 aromatic rings. The molecule has 4 heteroatoms. The topological polar surface area (TPSA) is 38.3 Å². The molecule has 0 aromatic heterocycles. The van der Waals surface area contributed by atoms with Crippen molar-refractivity contribution in [3.8, 4) is 0 Å². The predicted molar refractivity (Wildman–Crippen MR) is 64.1 cm³/mol. The Morgan fingerprint density at radius 3 is 2.60 bits per heavy atom. The molecule has 3 nitrogen and oxygen atoms in total. The van der Waals surface area contributed by atoms with Crippen molar-refractivity contribution in [2.24, 2.45) is 5.92 Å². The number of nitrogens with one attached hydrogen (secondary N) is 1. The van der Waals surface area contributed by atoms with E-state index in [-0.39, 0.29) is 28.3 Å². The van der Waals surface area contributed by atoms with Crippen LogP contribution in [0.3, 0.4) is 0 Å². The first-order valence-electron chi connectivity index (χ1n) is 5.42. The zero-order valence-corrected chi connectivity index (χ0v) is 11.4. The van der Waals surface area contributed by atoms with Gasteiger partial charge in [0.2, 0.25) is 5.91 Å². The summed E-state index contributed by atoms with van der Waals surface area (Å²) in [6.07, 6.45) is 0.881. The average Bonchev–Trinajstić information content (AvgIpc) is 2.50. The molecule has 15 heavy (non-hydrogen) atoms. The third-order valence-corrected chi connectivity index (χ3v) is 4.30. The van der Waals surface area contributed by atoms with Crippen LogP contribution in [0.4, 0.5) is 0 Å². The highest BCUT2D eigenvalue weighted by atomic mass is 79.9. The van der Waals surface area contributed by atoms with Gasteiger partial charge in [-0.15, -0.1) is 0 Å². The molecule has 1 amide bonds. The lowest BCUT2D eigenvalue weighted by atomic mass is 9.97. The Morgan fingerprint density at radius 2 is 2.20 bits per heavy atom. The molecule has 0 aromatic carbocycles. The first-order chi connectivity index (χ1) is 6.84. The molecule has 0 aliphatic carbocycles. The Hall–Kier alpha value is -0.0900. The van der Waals surface area contributed by atoms with Crippen LogP contribution in [-0.4, -0.2) is 29.0 Å². The maximum Gasteiger partial charge on any atom is 0.226 e. The number of hydrogen-bond acceptors (Lipinski definition) is 2. The maximum atomic E-state index is 12.0. The summed E-state index contributed by atoms with van der Waals surface area (Å²) >= 11 is 3.50. The molecule has 1 aliphatic rings. The molecule has 1 saturated heterocycles. The number of rotatable bonds is 3. The van der Waals surface area contributed by atoms with Crippen LogP contribution in [0.15, 0.2) is 0 Å². The summed E-state index contributed by atoms with van der Waals surface area (Å²) in [7, 11) is 0. The number of amides is 1. The second-order valence-corrected chi connectivity index (χ2v) is 6.17. The monoisotopic (exact) mass is 277 g/mol. The molecule has 1 fully saturated rings. The van der Waals surface area contributed by atoms with E-state index in [9.17, 15) is 4.79 Å². The maximum absolute atomic E-state index is 12.0. The van der Waals surface area contributed by atoms with Crippen LogP contribution in [0.2, 0.25) is 0 Å². The zero-order valence-electron chi connectivity index (χ0n) is 9.84. The number of hydrogen-bond donors (Lipinski definition) is 1. The predicted octanol–water partition coefficient (Wildman–Crippen LogP) is 2.09. The van der Waals surface area contributed by atoms with E-state index >= 15 is 0 Å². The fraction of sp³-hybridized carbons (Fsp3) is 0.909. The Balaban J connectivity index is 2.55. The lowest BCUT2D eigenvalue weighted by Gasteiger charge is -2.31. The Labute approximate surface area is 100 Å². The van der Waals surface area contributed by atoms with Gasteiger partial charge < -0.3 is 10.1 Å². The molecule has 0 saturated carbocycles. The normalized spacial score (nSPS) is 28.9. The van der Waals surface area contributed by atoms with E-state index in [2.05, 4.69) is 21.2 Å². The number of carbonyl (C=O) groups excluding carboxylic acids is 1. The van der Waals surface area contributed by atoms with Crippen molar-refractivity contribution in [1.29, 1.82) is 0 Å². The highest BCUT2D eigenvalue weighted by Crippen LogP contribution is 2.23. The van der Waals surface area contributed by atoms with Crippen molar-refractivity contribution < 1.29 is 9.53 Å². The number of carbonyl (C=O) groups is 1. The van der Waals surface area contributed by atoms with E-state index < -0.39 is 0 Å². The van der Waals surface area contributed by atoms with Gasteiger partial charge in [0.15, 0.2) is 0 Å². The van der Waals surface area contributed by atoms with Crippen molar-refractivity contribution in [3.63, 3.8) is 0 Å². The summed E-state index contributed by atoms with van der Waals surface area (Å²) in [5, 5.41) is 3.06. The van der Waals surface area contributed by atoms with E-state index in [1.807, 2.05) is 27.7 Å². The minimum atomic E-state index is -0.223. The van der Waals surface area contributed by atoms with E-state index in [0.29, 0.717) is 6.61 Å². The van der Waals surface area contributed by atoms with Crippen molar-refractivity contribution in [2.45, 2.75) is 50.6 Å². The number of alkyl halides is 1. The van der Waals surface area contributed by atoms with Gasteiger partial charge in [-0.3, -0.25) is 4.79 Å². The van der Waals surface area contributed by atoms with Gasteiger partial charge in [0, 0.05) is 17.0 Å². The smallest absolute Gasteiger partial charge is 0.226 e. The second kappa shape index (κ2) is 4.83. The van der Waals surface area contributed by atoms with Crippen molar-refractivity contribution >= 4 is 21.8 Å². The number of halogens is 1. The fourth-order valence-corrected chi connectivity index (χ4v) is 1.70. The van der Waals surface area contributed by atoms with Gasteiger partial charge in [-0.05, 0) is 27.2 Å². The van der Waals surface area contributed by atoms with Gasteiger partial charge in [-0.25, -0.2) is 0 Å². The summed E-state index contributed by atoms with van der Waals surface area (Å²) < 4.78 is 5.39. The second-order valence-electron chi connectivity index (χ2n) is 4.80. The minimum absolute atomic E-state index is 0.00975.